The maximum absolute atomic E-state index is 11.8. The Balaban J connectivity index is 1.96. The summed E-state index contributed by atoms with van der Waals surface area (Å²) in [5.74, 6) is -0.0820. The summed E-state index contributed by atoms with van der Waals surface area (Å²) < 4.78 is 0.734. The van der Waals surface area contributed by atoms with Gasteiger partial charge in [-0.1, -0.05) is 23.7 Å². The molecule has 1 amide bonds. The molecule has 0 fully saturated rings. The van der Waals surface area contributed by atoms with Crippen molar-refractivity contribution in [2.45, 2.75) is 6.42 Å². The summed E-state index contributed by atoms with van der Waals surface area (Å²) in [6.45, 7) is 0. The van der Waals surface area contributed by atoms with Crippen molar-refractivity contribution in [2.75, 3.05) is 5.32 Å². The van der Waals surface area contributed by atoms with E-state index in [-0.39, 0.29) is 5.91 Å². The number of aromatic nitrogens is 1. The second-order valence-electron chi connectivity index (χ2n) is 3.72. The van der Waals surface area contributed by atoms with Crippen LogP contribution in [0.1, 0.15) is 5.56 Å². The molecular weight excluding hydrogens is 316 g/mol. The number of rotatable bonds is 3. The van der Waals surface area contributed by atoms with E-state index in [9.17, 15) is 4.79 Å². The predicted octanol–water partition coefficient (Wildman–Crippen LogP) is 3.68. The quantitative estimate of drug-likeness (QED) is 0.875. The van der Waals surface area contributed by atoms with E-state index in [4.69, 9.17) is 11.6 Å². The minimum atomic E-state index is -0.0820. The number of halogens is 2. The lowest BCUT2D eigenvalue weighted by atomic mass is 10.1. The lowest BCUT2D eigenvalue weighted by Gasteiger charge is -2.05. The zero-order valence-electron chi connectivity index (χ0n) is 9.36. The van der Waals surface area contributed by atoms with E-state index in [2.05, 4.69) is 26.2 Å². The van der Waals surface area contributed by atoms with Crippen molar-refractivity contribution >= 4 is 39.1 Å². The van der Waals surface area contributed by atoms with Crippen LogP contribution in [-0.4, -0.2) is 10.9 Å². The lowest BCUT2D eigenvalue weighted by molar-refractivity contribution is -0.115. The monoisotopic (exact) mass is 324 g/mol. The van der Waals surface area contributed by atoms with Crippen molar-refractivity contribution in [2.24, 2.45) is 0 Å². The molecule has 0 saturated carbocycles. The molecule has 18 heavy (non-hydrogen) atoms. The van der Waals surface area contributed by atoms with Gasteiger partial charge in [-0.15, -0.1) is 0 Å². The maximum atomic E-state index is 11.8. The van der Waals surface area contributed by atoms with Gasteiger partial charge in [0.25, 0.3) is 0 Å². The molecule has 1 aromatic carbocycles. The molecule has 2 aromatic rings. The Morgan fingerprint density at radius 3 is 2.56 bits per heavy atom. The number of hydrogen-bond donors (Lipinski definition) is 1. The van der Waals surface area contributed by atoms with Gasteiger partial charge in [-0.3, -0.25) is 4.79 Å². The molecule has 0 radical (unpaired) electrons. The molecule has 1 aromatic heterocycles. The smallest absolute Gasteiger partial charge is 0.228 e. The average molecular weight is 326 g/mol. The minimum absolute atomic E-state index is 0.0820. The highest BCUT2D eigenvalue weighted by Gasteiger charge is 2.04. The van der Waals surface area contributed by atoms with E-state index < -0.39 is 0 Å². The van der Waals surface area contributed by atoms with Gasteiger partial charge in [-0.05, 0) is 45.8 Å². The second-order valence-corrected chi connectivity index (χ2v) is 4.97. The maximum Gasteiger partial charge on any atom is 0.228 e. The fourth-order valence-electron chi connectivity index (χ4n) is 1.44. The van der Waals surface area contributed by atoms with Crippen molar-refractivity contribution in [3.05, 3.63) is 57.8 Å². The molecule has 5 heteroatoms. The normalized spacial score (nSPS) is 10.1. The van der Waals surface area contributed by atoms with Crippen LogP contribution in [-0.2, 0) is 11.2 Å². The first-order valence-electron chi connectivity index (χ1n) is 5.29. The van der Waals surface area contributed by atoms with Gasteiger partial charge in [-0.25, -0.2) is 4.98 Å². The van der Waals surface area contributed by atoms with Crippen LogP contribution in [0.25, 0.3) is 0 Å². The largest absolute Gasteiger partial charge is 0.324 e. The van der Waals surface area contributed by atoms with Crippen LogP contribution in [0.2, 0.25) is 5.02 Å². The first-order chi connectivity index (χ1) is 8.63. The van der Waals surface area contributed by atoms with E-state index in [0.717, 1.165) is 10.2 Å². The molecule has 0 atom stereocenters. The van der Waals surface area contributed by atoms with Crippen LogP contribution in [0, 0.1) is 0 Å². The van der Waals surface area contributed by atoms with Gasteiger partial charge in [0.15, 0.2) is 0 Å². The lowest BCUT2D eigenvalue weighted by Crippen LogP contribution is -2.14. The summed E-state index contributed by atoms with van der Waals surface area (Å²) in [7, 11) is 0. The Morgan fingerprint density at radius 2 is 1.94 bits per heavy atom. The fraction of sp³-hybridized carbons (Fsp3) is 0.0769. The fourth-order valence-corrected chi connectivity index (χ4v) is 1.80. The summed E-state index contributed by atoms with van der Waals surface area (Å²) in [5.41, 5.74) is 1.60. The van der Waals surface area contributed by atoms with E-state index in [0.29, 0.717) is 17.1 Å². The zero-order chi connectivity index (χ0) is 13.0. The van der Waals surface area contributed by atoms with Crippen LogP contribution < -0.4 is 5.32 Å². The Labute approximate surface area is 118 Å². The van der Waals surface area contributed by atoms with Gasteiger partial charge in [0.2, 0.25) is 5.91 Å². The van der Waals surface area contributed by atoms with Crippen LogP contribution in [0.4, 0.5) is 5.69 Å². The van der Waals surface area contributed by atoms with Crippen molar-refractivity contribution in [3.8, 4) is 0 Å². The first kappa shape index (κ1) is 13.1. The summed E-state index contributed by atoms with van der Waals surface area (Å²) in [4.78, 5) is 15.8. The van der Waals surface area contributed by atoms with Crippen molar-refractivity contribution in [3.63, 3.8) is 0 Å². The zero-order valence-corrected chi connectivity index (χ0v) is 11.7. The van der Waals surface area contributed by atoms with Gasteiger partial charge in [0.05, 0.1) is 18.3 Å². The Hall–Kier alpha value is -1.39. The van der Waals surface area contributed by atoms with E-state index in [1.807, 2.05) is 12.1 Å². The molecule has 2 rings (SSSR count). The van der Waals surface area contributed by atoms with Crippen molar-refractivity contribution in [1.29, 1.82) is 0 Å². The van der Waals surface area contributed by atoms with Gasteiger partial charge in [0.1, 0.15) is 4.60 Å². The summed E-state index contributed by atoms with van der Waals surface area (Å²) in [6.07, 6.45) is 1.91. The average Bonchev–Trinajstić information content (AvgIpc) is 2.35. The standard InChI is InChI=1S/C13H10BrClN2O/c14-12-6-5-11(8-16-12)17-13(18)7-9-1-3-10(15)4-2-9/h1-6,8H,7H2,(H,17,18). The number of hydrogen-bond acceptors (Lipinski definition) is 2. The third-order valence-electron chi connectivity index (χ3n) is 2.29. The molecule has 0 aliphatic rings. The number of amides is 1. The molecule has 1 heterocycles. The molecule has 0 aliphatic carbocycles. The Bertz CT molecular complexity index is 490. The molecule has 0 aliphatic heterocycles. The molecule has 1 N–H and O–H groups in total. The first-order valence-corrected chi connectivity index (χ1v) is 6.46. The number of anilines is 1. The summed E-state index contributed by atoms with van der Waals surface area (Å²) in [5, 5.41) is 3.44. The Kier molecular flexibility index (Phi) is 4.33. The topological polar surface area (TPSA) is 42.0 Å². The highest BCUT2D eigenvalue weighted by molar-refractivity contribution is 9.10. The number of benzene rings is 1. The highest BCUT2D eigenvalue weighted by Crippen LogP contribution is 2.12. The molecule has 92 valence electrons. The molecule has 3 nitrogen and oxygen atoms in total. The van der Waals surface area contributed by atoms with Crippen molar-refractivity contribution < 1.29 is 4.79 Å². The second kappa shape index (κ2) is 5.98. The number of nitrogens with zero attached hydrogens (tertiary/aromatic N) is 1. The molecule has 0 spiro atoms. The summed E-state index contributed by atoms with van der Waals surface area (Å²) >= 11 is 9.02. The van der Waals surface area contributed by atoms with Crippen LogP contribution in [0.3, 0.4) is 0 Å². The highest BCUT2D eigenvalue weighted by atomic mass is 79.9. The number of nitrogens with one attached hydrogen (secondary N) is 1. The third kappa shape index (κ3) is 3.82. The van der Waals surface area contributed by atoms with E-state index in [1.165, 1.54) is 0 Å². The summed E-state index contributed by atoms with van der Waals surface area (Å²) in [6, 6.07) is 10.8. The third-order valence-corrected chi connectivity index (χ3v) is 3.01. The SMILES string of the molecule is O=C(Cc1ccc(Cl)cc1)Nc1ccc(Br)nc1. The van der Waals surface area contributed by atoms with Gasteiger partial charge < -0.3 is 5.32 Å². The van der Waals surface area contributed by atoms with Crippen molar-refractivity contribution in [1.82, 2.24) is 4.98 Å². The van der Waals surface area contributed by atoms with Crippen LogP contribution in [0.15, 0.2) is 47.2 Å². The number of carbonyl (C=O) groups excluding carboxylic acids is 1. The predicted molar refractivity (Wildman–Crippen MR) is 75.7 cm³/mol. The Morgan fingerprint density at radius 1 is 1.22 bits per heavy atom. The van der Waals surface area contributed by atoms with Gasteiger partial charge in [-0.2, -0.15) is 0 Å². The molecule has 0 bridgehead atoms. The van der Waals surface area contributed by atoms with Gasteiger partial charge in [0, 0.05) is 5.02 Å². The van der Waals surface area contributed by atoms with Crippen LogP contribution in [0.5, 0.6) is 0 Å². The van der Waals surface area contributed by atoms with E-state index >= 15 is 0 Å². The van der Waals surface area contributed by atoms with Gasteiger partial charge >= 0.3 is 0 Å². The molecular formula is C13H10BrClN2O. The molecule has 0 unspecified atom stereocenters. The van der Waals surface area contributed by atoms with Crippen LogP contribution >= 0.6 is 27.5 Å². The minimum Gasteiger partial charge on any atom is -0.324 e. The number of carbonyl (C=O) groups is 1. The number of pyridine rings is 1. The van der Waals surface area contributed by atoms with E-state index in [1.54, 1.807) is 30.5 Å². The molecule has 0 saturated heterocycles.